The lowest BCUT2D eigenvalue weighted by Crippen LogP contribution is -2.43. The summed E-state index contributed by atoms with van der Waals surface area (Å²) in [6, 6.07) is 9.41. The molecule has 0 saturated heterocycles. The first-order valence-electron chi connectivity index (χ1n) is 9.86. The fourth-order valence-electron chi connectivity index (χ4n) is 3.15. The molecule has 1 unspecified atom stereocenters. The largest absolute Gasteiger partial charge is 0.291 e. The van der Waals surface area contributed by atoms with Gasteiger partial charge in [-0.1, -0.05) is 64.4 Å². The van der Waals surface area contributed by atoms with E-state index < -0.39 is 11.8 Å². The molecule has 6 heteroatoms. The topological polar surface area (TPSA) is 90.5 Å². The SMILES string of the molecule is CC(C)CNNC(=O)C(CCC[C@H](C(=O)NO)c1ccccc1)CC(C)C. The van der Waals surface area contributed by atoms with E-state index in [0.29, 0.717) is 24.7 Å². The maximum atomic E-state index is 12.5. The molecular formula is C21H35N3O3. The zero-order valence-electron chi connectivity index (χ0n) is 17.0. The second kappa shape index (κ2) is 12.5. The van der Waals surface area contributed by atoms with Gasteiger partial charge in [0, 0.05) is 12.5 Å². The van der Waals surface area contributed by atoms with Gasteiger partial charge < -0.3 is 0 Å². The van der Waals surface area contributed by atoms with Crippen LogP contribution in [-0.2, 0) is 9.59 Å². The highest BCUT2D eigenvalue weighted by atomic mass is 16.5. The Hall–Kier alpha value is -1.92. The van der Waals surface area contributed by atoms with Crippen molar-refractivity contribution in [1.29, 1.82) is 0 Å². The van der Waals surface area contributed by atoms with Crippen molar-refractivity contribution in [3.63, 3.8) is 0 Å². The van der Waals surface area contributed by atoms with Gasteiger partial charge in [0.2, 0.25) is 5.91 Å². The monoisotopic (exact) mass is 377 g/mol. The molecule has 0 saturated carbocycles. The number of rotatable bonds is 12. The van der Waals surface area contributed by atoms with Gasteiger partial charge in [-0.3, -0.25) is 20.2 Å². The molecular weight excluding hydrogens is 342 g/mol. The van der Waals surface area contributed by atoms with Gasteiger partial charge in [-0.2, -0.15) is 0 Å². The first kappa shape index (κ1) is 23.1. The van der Waals surface area contributed by atoms with E-state index in [0.717, 1.165) is 24.9 Å². The molecule has 0 aliphatic rings. The lowest BCUT2D eigenvalue weighted by atomic mass is 9.87. The van der Waals surface area contributed by atoms with Crippen LogP contribution in [0.3, 0.4) is 0 Å². The third-order valence-electron chi connectivity index (χ3n) is 4.52. The maximum Gasteiger partial charge on any atom is 0.250 e. The number of benzene rings is 1. The van der Waals surface area contributed by atoms with Gasteiger partial charge in [0.25, 0.3) is 5.91 Å². The second-order valence-corrected chi connectivity index (χ2v) is 7.96. The quantitative estimate of drug-likeness (QED) is 0.332. The Balaban J connectivity index is 2.64. The molecule has 4 N–H and O–H groups in total. The number of hydroxylamine groups is 1. The molecule has 2 amide bonds. The van der Waals surface area contributed by atoms with Crippen LogP contribution in [0.5, 0.6) is 0 Å². The average Bonchev–Trinajstić information content (AvgIpc) is 2.63. The number of hydrogen-bond acceptors (Lipinski definition) is 4. The lowest BCUT2D eigenvalue weighted by molar-refractivity contribution is -0.131. The highest BCUT2D eigenvalue weighted by Gasteiger charge is 2.23. The molecule has 0 aliphatic carbocycles. The summed E-state index contributed by atoms with van der Waals surface area (Å²) in [6.07, 6.45) is 2.81. The minimum Gasteiger partial charge on any atom is -0.291 e. The normalized spacial score (nSPS) is 13.4. The van der Waals surface area contributed by atoms with Crippen LogP contribution in [0.2, 0.25) is 0 Å². The summed E-state index contributed by atoms with van der Waals surface area (Å²) < 4.78 is 0. The van der Waals surface area contributed by atoms with Crippen LogP contribution in [-0.4, -0.2) is 23.6 Å². The second-order valence-electron chi connectivity index (χ2n) is 7.96. The van der Waals surface area contributed by atoms with Gasteiger partial charge in [-0.05, 0) is 36.7 Å². The van der Waals surface area contributed by atoms with Crippen molar-refractivity contribution in [3.05, 3.63) is 35.9 Å². The third kappa shape index (κ3) is 9.02. The number of hydrogen-bond donors (Lipinski definition) is 4. The van der Waals surface area contributed by atoms with Gasteiger partial charge in [0.05, 0.1) is 5.92 Å². The van der Waals surface area contributed by atoms with E-state index in [1.54, 1.807) is 5.48 Å². The zero-order valence-corrected chi connectivity index (χ0v) is 17.0. The summed E-state index contributed by atoms with van der Waals surface area (Å²) in [5.74, 6) is -0.0536. The molecule has 6 nitrogen and oxygen atoms in total. The lowest BCUT2D eigenvalue weighted by Gasteiger charge is -2.21. The van der Waals surface area contributed by atoms with Crippen LogP contribution in [0.1, 0.15) is 64.9 Å². The summed E-state index contributed by atoms with van der Waals surface area (Å²) in [5.41, 5.74) is 8.44. The first-order valence-corrected chi connectivity index (χ1v) is 9.86. The maximum absolute atomic E-state index is 12.5. The summed E-state index contributed by atoms with van der Waals surface area (Å²) >= 11 is 0. The molecule has 152 valence electrons. The van der Waals surface area contributed by atoms with E-state index in [1.165, 1.54) is 0 Å². The van der Waals surface area contributed by atoms with Gasteiger partial charge in [0.15, 0.2) is 0 Å². The Bertz CT molecular complexity index is 561. The van der Waals surface area contributed by atoms with Crippen LogP contribution < -0.4 is 16.3 Å². The summed E-state index contributed by atoms with van der Waals surface area (Å²) in [7, 11) is 0. The smallest absolute Gasteiger partial charge is 0.250 e. The van der Waals surface area contributed by atoms with Crippen molar-refractivity contribution in [3.8, 4) is 0 Å². The van der Waals surface area contributed by atoms with E-state index in [9.17, 15) is 9.59 Å². The Labute approximate surface area is 163 Å². The van der Waals surface area contributed by atoms with Crippen molar-refractivity contribution in [2.45, 2.75) is 59.3 Å². The van der Waals surface area contributed by atoms with Crippen molar-refractivity contribution in [2.24, 2.45) is 17.8 Å². The van der Waals surface area contributed by atoms with E-state index in [4.69, 9.17) is 5.21 Å². The number of hydrazine groups is 1. The molecule has 2 atom stereocenters. The number of amides is 2. The summed E-state index contributed by atoms with van der Waals surface area (Å²) in [5, 5.41) is 9.05. The average molecular weight is 378 g/mol. The van der Waals surface area contributed by atoms with Gasteiger partial charge in [0.1, 0.15) is 0 Å². The number of carbonyl (C=O) groups excluding carboxylic acids is 2. The molecule has 0 fully saturated rings. The van der Waals surface area contributed by atoms with Gasteiger partial charge in [-0.15, -0.1) is 0 Å². The molecule has 0 aromatic heterocycles. The molecule has 1 rings (SSSR count). The Morgan fingerprint density at radius 1 is 0.963 bits per heavy atom. The molecule has 0 bridgehead atoms. The minimum absolute atomic E-state index is 0.00669. The fraction of sp³-hybridized carbons (Fsp3) is 0.619. The van der Waals surface area contributed by atoms with Gasteiger partial charge >= 0.3 is 0 Å². The number of carbonyl (C=O) groups is 2. The van der Waals surface area contributed by atoms with E-state index >= 15 is 0 Å². The predicted molar refractivity (Wildman–Crippen MR) is 107 cm³/mol. The van der Waals surface area contributed by atoms with Crippen molar-refractivity contribution < 1.29 is 14.8 Å². The zero-order chi connectivity index (χ0) is 20.2. The molecule has 27 heavy (non-hydrogen) atoms. The van der Waals surface area contributed by atoms with Crippen LogP contribution in [0.15, 0.2) is 30.3 Å². The van der Waals surface area contributed by atoms with Crippen LogP contribution >= 0.6 is 0 Å². The number of nitrogens with one attached hydrogen (secondary N) is 3. The van der Waals surface area contributed by atoms with Crippen molar-refractivity contribution in [1.82, 2.24) is 16.3 Å². The summed E-state index contributed by atoms with van der Waals surface area (Å²) in [4.78, 5) is 24.6. The molecule has 0 aliphatic heterocycles. The Kier molecular flexibility index (Phi) is 10.7. The molecule has 0 heterocycles. The van der Waals surface area contributed by atoms with Gasteiger partial charge in [-0.25, -0.2) is 10.9 Å². The van der Waals surface area contributed by atoms with Crippen molar-refractivity contribution in [2.75, 3.05) is 6.54 Å². The highest BCUT2D eigenvalue weighted by molar-refractivity contribution is 5.82. The molecule has 1 aromatic rings. The Morgan fingerprint density at radius 2 is 1.63 bits per heavy atom. The Morgan fingerprint density at radius 3 is 2.19 bits per heavy atom. The minimum atomic E-state index is -0.418. The standard InChI is InChI=1S/C21H35N3O3/c1-15(2)13-18(20(25)23-22-14-16(3)4)11-8-12-19(21(26)24-27)17-9-6-5-7-10-17/h5-7,9-10,15-16,18-19,22,27H,8,11-14H2,1-4H3,(H,23,25)(H,24,26)/t18?,19-/m0/s1. The molecule has 1 aromatic carbocycles. The highest BCUT2D eigenvalue weighted by Crippen LogP contribution is 2.25. The first-order chi connectivity index (χ1) is 12.8. The molecule has 0 radical (unpaired) electrons. The van der Waals surface area contributed by atoms with Crippen molar-refractivity contribution >= 4 is 11.8 Å². The van der Waals surface area contributed by atoms with Crippen LogP contribution in [0, 0.1) is 17.8 Å². The van der Waals surface area contributed by atoms with E-state index in [1.807, 2.05) is 30.3 Å². The third-order valence-corrected chi connectivity index (χ3v) is 4.52. The van der Waals surface area contributed by atoms with Crippen LogP contribution in [0.25, 0.3) is 0 Å². The summed E-state index contributed by atoms with van der Waals surface area (Å²) in [6.45, 7) is 9.11. The van der Waals surface area contributed by atoms with E-state index in [-0.39, 0.29) is 11.8 Å². The van der Waals surface area contributed by atoms with E-state index in [2.05, 4.69) is 38.5 Å². The van der Waals surface area contributed by atoms with Crippen LogP contribution in [0.4, 0.5) is 0 Å². The predicted octanol–water partition coefficient (Wildman–Crippen LogP) is 3.39. The molecule has 0 spiro atoms. The fourth-order valence-corrected chi connectivity index (χ4v) is 3.15.